The van der Waals surface area contributed by atoms with E-state index >= 15 is 0 Å². The Morgan fingerprint density at radius 1 is 1.22 bits per heavy atom. The first-order valence-corrected chi connectivity index (χ1v) is 8.70. The van der Waals surface area contributed by atoms with Gasteiger partial charge in [0.15, 0.2) is 0 Å². The second-order valence-electron chi connectivity index (χ2n) is 6.40. The van der Waals surface area contributed by atoms with Gasteiger partial charge in [-0.1, -0.05) is 6.92 Å². The summed E-state index contributed by atoms with van der Waals surface area (Å²) in [5.74, 6) is 1.10. The fourth-order valence-electron chi connectivity index (χ4n) is 3.20. The average Bonchev–Trinajstić information content (AvgIpc) is 2.63. The SMILES string of the molecule is CCc1cnc(N2CCC(C(=O)NC3CCOCC3)CC2)nc1. The number of carbonyl (C=O) groups excluding carboxylic acids is 1. The number of ether oxygens (including phenoxy) is 1. The molecule has 0 radical (unpaired) electrons. The molecule has 0 aliphatic carbocycles. The van der Waals surface area contributed by atoms with Gasteiger partial charge in [0.2, 0.25) is 11.9 Å². The highest BCUT2D eigenvalue weighted by Crippen LogP contribution is 2.21. The topological polar surface area (TPSA) is 67.4 Å². The van der Waals surface area contributed by atoms with Crippen LogP contribution in [0.25, 0.3) is 0 Å². The predicted octanol–water partition coefficient (Wildman–Crippen LogP) is 1.55. The van der Waals surface area contributed by atoms with Gasteiger partial charge in [-0.05, 0) is 37.7 Å². The molecule has 6 nitrogen and oxygen atoms in total. The van der Waals surface area contributed by atoms with Crippen molar-refractivity contribution in [2.45, 2.75) is 45.1 Å². The van der Waals surface area contributed by atoms with Gasteiger partial charge < -0.3 is 15.0 Å². The Bertz CT molecular complexity index is 506. The van der Waals surface area contributed by atoms with Crippen LogP contribution in [0.2, 0.25) is 0 Å². The Balaban J connectivity index is 1.48. The first kappa shape index (κ1) is 16.2. The van der Waals surface area contributed by atoms with Crippen molar-refractivity contribution in [3.63, 3.8) is 0 Å². The third-order valence-electron chi connectivity index (χ3n) is 4.82. The molecule has 126 valence electrons. The standard InChI is InChI=1S/C17H26N4O2/c1-2-13-11-18-17(19-12-13)21-7-3-14(4-8-21)16(22)20-15-5-9-23-10-6-15/h11-12,14-15H,2-10H2,1H3,(H,20,22). The molecule has 0 aromatic carbocycles. The zero-order valence-electron chi connectivity index (χ0n) is 13.8. The van der Waals surface area contributed by atoms with Crippen LogP contribution >= 0.6 is 0 Å². The molecule has 2 saturated heterocycles. The summed E-state index contributed by atoms with van der Waals surface area (Å²) in [4.78, 5) is 23.4. The number of aryl methyl sites for hydroxylation is 1. The Kier molecular flexibility index (Phi) is 5.43. The van der Waals surface area contributed by atoms with E-state index < -0.39 is 0 Å². The number of aromatic nitrogens is 2. The Morgan fingerprint density at radius 3 is 2.48 bits per heavy atom. The molecule has 0 atom stereocenters. The highest BCUT2D eigenvalue weighted by Gasteiger charge is 2.27. The summed E-state index contributed by atoms with van der Waals surface area (Å²) in [7, 11) is 0. The molecule has 1 N–H and O–H groups in total. The number of carbonyl (C=O) groups is 1. The van der Waals surface area contributed by atoms with Crippen LogP contribution in [0.3, 0.4) is 0 Å². The van der Waals surface area contributed by atoms with Crippen LogP contribution in [-0.2, 0) is 16.0 Å². The van der Waals surface area contributed by atoms with E-state index in [4.69, 9.17) is 4.74 Å². The van der Waals surface area contributed by atoms with Crippen molar-refractivity contribution in [2.24, 2.45) is 5.92 Å². The maximum absolute atomic E-state index is 12.4. The molecule has 2 aliphatic rings. The third kappa shape index (κ3) is 4.19. The maximum Gasteiger partial charge on any atom is 0.225 e. The normalized spacial score (nSPS) is 20.5. The molecule has 0 bridgehead atoms. The van der Waals surface area contributed by atoms with Gasteiger partial charge in [-0.3, -0.25) is 4.79 Å². The lowest BCUT2D eigenvalue weighted by atomic mass is 9.95. The minimum Gasteiger partial charge on any atom is -0.381 e. The van der Waals surface area contributed by atoms with E-state index in [1.54, 1.807) is 0 Å². The lowest BCUT2D eigenvalue weighted by molar-refractivity contribution is -0.126. The highest BCUT2D eigenvalue weighted by molar-refractivity contribution is 5.79. The van der Waals surface area contributed by atoms with Crippen LogP contribution in [0.1, 0.15) is 38.2 Å². The lowest BCUT2D eigenvalue weighted by Crippen LogP contribution is -2.45. The van der Waals surface area contributed by atoms with Gasteiger partial charge in [-0.15, -0.1) is 0 Å². The number of hydrogen-bond acceptors (Lipinski definition) is 5. The van der Waals surface area contributed by atoms with Gasteiger partial charge in [0.05, 0.1) is 0 Å². The lowest BCUT2D eigenvalue weighted by Gasteiger charge is -2.32. The summed E-state index contributed by atoms with van der Waals surface area (Å²) in [5.41, 5.74) is 1.15. The molecule has 2 aliphatic heterocycles. The molecule has 23 heavy (non-hydrogen) atoms. The van der Waals surface area contributed by atoms with Crippen LogP contribution < -0.4 is 10.2 Å². The molecule has 0 unspecified atom stereocenters. The summed E-state index contributed by atoms with van der Waals surface area (Å²) in [6.07, 6.45) is 8.35. The number of nitrogens with zero attached hydrogens (tertiary/aromatic N) is 3. The first-order chi connectivity index (χ1) is 11.3. The van der Waals surface area contributed by atoms with E-state index in [0.29, 0.717) is 6.04 Å². The van der Waals surface area contributed by atoms with E-state index in [1.807, 2.05) is 12.4 Å². The molecular weight excluding hydrogens is 292 g/mol. The summed E-state index contributed by atoms with van der Waals surface area (Å²) in [6.45, 7) is 5.30. The van der Waals surface area contributed by atoms with Crippen molar-refractivity contribution in [3.05, 3.63) is 18.0 Å². The van der Waals surface area contributed by atoms with Gasteiger partial charge >= 0.3 is 0 Å². The van der Waals surface area contributed by atoms with Gasteiger partial charge in [0.1, 0.15) is 0 Å². The number of hydrogen-bond donors (Lipinski definition) is 1. The molecule has 1 aromatic heterocycles. The quantitative estimate of drug-likeness (QED) is 0.912. The van der Waals surface area contributed by atoms with Crippen LogP contribution in [0.15, 0.2) is 12.4 Å². The molecular formula is C17H26N4O2. The van der Waals surface area contributed by atoms with Crippen molar-refractivity contribution in [3.8, 4) is 0 Å². The number of rotatable bonds is 4. The van der Waals surface area contributed by atoms with E-state index in [0.717, 1.165) is 69.9 Å². The minimum atomic E-state index is 0.115. The van der Waals surface area contributed by atoms with Crippen molar-refractivity contribution < 1.29 is 9.53 Å². The number of amides is 1. The fraction of sp³-hybridized carbons (Fsp3) is 0.706. The fourth-order valence-corrected chi connectivity index (χ4v) is 3.20. The predicted molar refractivity (Wildman–Crippen MR) is 88.3 cm³/mol. The number of piperidine rings is 1. The minimum absolute atomic E-state index is 0.115. The Hall–Kier alpha value is -1.69. The van der Waals surface area contributed by atoms with Crippen molar-refractivity contribution in [2.75, 3.05) is 31.2 Å². The Morgan fingerprint density at radius 2 is 1.87 bits per heavy atom. The largest absolute Gasteiger partial charge is 0.381 e. The summed E-state index contributed by atoms with van der Waals surface area (Å²) < 4.78 is 5.33. The van der Waals surface area contributed by atoms with Crippen LogP contribution in [-0.4, -0.2) is 48.2 Å². The summed E-state index contributed by atoms with van der Waals surface area (Å²) in [5, 5.41) is 3.19. The van der Waals surface area contributed by atoms with Gasteiger partial charge in [0, 0.05) is 50.7 Å². The van der Waals surface area contributed by atoms with Crippen molar-refractivity contribution in [1.29, 1.82) is 0 Å². The molecule has 3 rings (SSSR count). The molecule has 1 aromatic rings. The smallest absolute Gasteiger partial charge is 0.225 e. The van der Waals surface area contributed by atoms with Crippen LogP contribution in [0.5, 0.6) is 0 Å². The van der Waals surface area contributed by atoms with Gasteiger partial charge in [-0.25, -0.2) is 9.97 Å². The monoisotopic (exact) mass is 318 g/mol. The van der Waals surface area contributed by atoms with E-state index in [1.165, 1.54) is 0 Å². The third-order valence-corrected chi connectivity index (χ3v) is 4.82. The summed E-state index contributed by atoms with van der Waals surface area (Å²) >= 11 is 0. The molecule has 0 spiro atoms. The molecule has 1 amide bonds. The molecule has 3 heterocycles. The van der Waals surface area contributed by atoms with Gasteiger partial charge in [-0.2, -0.15) is 0 Å². The van der Waals surface area contributed by atoms with Crippen molar-refractivity contribution >= 4 is 11.9 Å². The average molecular weight is 318 g/mol. The second-order valence-corrected chi connectivity index (χ2v) is 6.40. The summed E-state index contributed by atoms with van der Waals surface area (Å²) in [6, 6.07) is 0.291. The second kappa shape index (κ2) is 7.73. The van der Waals surface area contributed by atoms with E-state index in [-0.39, 0.29) is 11.8 Å². The van der Waals surface area contributed by atoms with Crippen LogP contribution in [0.4, 0.5) is 5.95 Å². The molecule has 2 fully saturated rings. The molecule has 0 saturated carbocycles. The highest BCUT2D eigenvalue weighted by atomic mass is 16.5. The van der Waals surface area contributed by atoms with E-state index in [9.17, 15) is 4.79 Å². The number of anilines is 1. The zero-order chi connectivity index (χ0) is 16.1. The molecule has 6 heteroatoms. The first-order valence-electron chi connectivity index (χ1n) is 8.70. The van der Waals surface area contributed by atoms with Crippen LogP contribution in [0, 0.1) is 5.92 Å². The Labute approximate surface area is 137 Å². The van der Waals surface area contributed by atoms with Gasteiger partial charge in [0.25, 0.3) is 0 Å². The zero-order valence-corrected chi connectivity index (χ0v) is 13.8. The van der Waals surface area contributed by atoms with E-state index in [2.05, 4.69) is 27.1 Å². The maximum atomic E-state index is 12.4. The van der Waals surface area contributed by atoms with Crippen molar-refractivity contribution in [1.82, 2.24) is 15.3 Å². The number of nitrogens with one attached hydrogen (secondary N) is 1.